The molecule has 1 aromatic rings. The fraction of sp³-hybridized carbons (Fsp3) is 0.615. The molecule has 1 aromatic heterocycles. The number of methoxy groups -OCH3 is 1. The summed E-state index contributed by atoms with van der Waals surface area (Å²) in [4.78, 5) is 4.20. The number of hydrogen-bond donors (Lipinski definition) is 0. The summed E-state index contributed by atoms with van der Waals surface area (Å²) in [6.45, 7) is 1.36. The van der Waals surface area contributed by atoms with Crippen molar-refractivity contribution >= 4 is 10.0 Å². The Morgan fingerprint density at radius 2 is 2.20 bits per heavy atom. The number of ether oxygens (including phenoxy) is 2. The van der Waals surface area contributed by atoms with Crippen LogP contribution in [0.2, 0.25) is 0 Å². The molecule has 1 saturated carbocycles. The third-order valence-electron chi connectivity index (χ3n) is 3.81. The molecule has 0 N–H and O–H groups in total. The lowest BCUT2D eigenvalue weighted by atomic mass is 10.2. The summed E-state index contributed by atoms with van der Waals surface area (Å²) in [5.41, 5.74) is 0. The molecule has 0 aromatic carbocycles. The van der Waals surface area contributed by atoms with Crippen molar-refractivity contribution in [3.05, 3.63) is 18.3 Å². The van der Waals surface area contributed by atoms with Gasteiger partial charge in [0.05, 0.1) is 32.6 Å². The Bertz CT molecular complexity index is 569. The Morgan fingerprint density at radius 3 is 2.80 bits per heavy atom. The minimum atomic E-state index is -3.51. The Kier molecular flexibility index (Phi) is 3.66. The zero-order valence-corrected chi connectivity index (χ0v) is 12.2. The van der Waals surface area contributed by atoms with Crippen molar-refractivity contribution in [3.63, 3.8) is 0 Å². The van der Waals surface area contributed by atoms with E-state index >= 15 is 0 Å². The minimum absolute atomic E-state index is 0.0316. The van der Waals surface area contributed by atoms with Crippen molar-refractivity contribution < 1.29 is 17.9 Å². The molecular formula is C13H18N2O4S. The zero-order valence-electron chi connectivity index (χ0n) is 11.4. The van der Waals surface area contributed by atoms with Gasteiger partial charge in [-0.15, -0.1) is 0 Å². The lowest BCUT2D eigenvalue weighted by Crippen LogP contribution is -2.49. The third-order valence-corrected chi connectivity index (χ3v) is 5.71. The summed E-state index contributed by atoms with van der Waals surface area (Å²) in [7, 11) is -2.00. The molecule has 0 bridgehead atoms. The molecule has 1 aliphatic heterocycles. The van der Waals surface area contributed by atoms with Gasteiger partial charge in [0.25, 0.3) is 0 Å². The molecule has 1 aliphatic carbocycles. The van der Waals surface area contributed by atoms with Crippen molar-refractivity contribution in [2.45, 2.75) is 23.8 Å². The maximum atomic E-state index is 12.7. The lowest BCUT2D eigenvalue weighted by molar-refractivity contribution is 0.0247. The Hall–Kier alpha value is -1.18. The van der Waals surface area contributed by atoms with Crippen LogP contribution in [0.1, 0.15) is 12.8 Å². The molecule has 2 heterocycles. The summed E-state index contributed by atoms with van der Waals surface area (Å²) in [5.74, 6) is 0.848. The van der Waals surface area contributed by atoms with Gasteiger partial charge >= 0.3 is 0 Å². The first-order valence-corrected chi connectivity index (χ1v) is 8.16. The Balaban J connectivity index is 1.88. The van der Waals surface area contributed by atoms with Crippen LogP contribution in [0.5, 0.6) is 5.88 Å². The highest BCUT2D eigenvalue weighted by molar-refractivity contribution is 7.89. The van der Waals surface area contributed by atoms with Gasteiger partial charge in [0.1, 0.15) is 4.90 Å². The summed E-state index contributed by atoms with van der Waals surface area (Å²) >= 11 is 0. The average Bonchev–Trinajstić information content (AvgIpc) is 3.32. The van der Waals surface area contributed by atoms with E-state index < -0.39 is 10.0 Å². The smallest absolute Gasteiger partial charge is 0.245 e. The highest BCUT2D eigenvalue weighted by Gasteiger charge is 2.42. The fourth-order valence-electron chi connectivity index (χ4n) is 2.53. The predicted molar refractivity (Wildman–Crippen MR) is 72.0 cm³/mol. The standard InChI is InChI=1S/C13H18N2O4S/c1-18-13-5-4-11(8-14-13)20(16,17)15-6-7-19-9-12(15)10-2-3-10/h4-5,8,10,12H,2-3,6-7,9H2,1H3. The maximum Gasteiger partial charge on any atom is 0.245 e. The second kappa shape index (κ2) is 5.31. The molecule has 0 spiro atoms. The highest BCUT2D eigenvalue weighted by atomic mass is 32.2. The van der Waals surface area contributed by atoms with Gasteiger partial charge in [0.2, 0.25) is 15.9 Å². The number of sulfonamides is 1. The molecule has 1 unspecified atom stereocenters. The number of aromatic nitrogens is 1. The summed E-state index contributed by atoms with van der Waals surface area (Å²) < 4.78 is 37.4. The van der Waals surface area contributed by atoms with E-state index in [0.29, 0.717) is 31.6 Å². The molecule has 7 heteroatoms. The fourth-order valence-corrected chi connectivity index (χ4v) is 4.13. The van der Waals surface area contributed by atoms with E-state index in [1.54, 1.807) is 16.4 Å². The first kappa shape index (κ1) is 13.8. The Labute approximate surface area is 118 Å². The van der Waals surface area contributed by atoms with Crippen LogP contribution in [0.3, 0.4) is 0 Å². The minimum Gasteiger partial charge on any atom is -0.481 e. The SMILES string of the molecule is COc1ccc(S(=O)(=O)N2CCOCC2C2CC2)cn1. The molecule has 0 radical (unpaired) electrons. The molecule has 3 rings (SSSR count). The van der Waals surface area contributed by atoms with Gasteiger partial charge in [0, 0.05) is 12.6 Å². The molecule has 2 aliphatic rings. The van der Waals surface area contributed by atoms with E-state index in [1.165, 1.54) is 13.3 Å². The van der Waals surface area contributed by atoms with Crippen LogP contribution in [-0.2, 0) is 14.8 Å². The number of rotatable bonds is 4. The van der Waals surface area contributed by atoms with Gasteiger partial charge < -0.3 is 9.47 Å². The van der Waals surface area contributed by atoms with E-state index in [9.17, 15) is 8.42 Å². The number of nitrogens with zero attached hydrogens (tertiary/aromatic N) is 2. The van der Waals surface area contributed by atoms with Crippen LogP contribution in [0, 0.1) is 5.92 Å². The number of hydrogen-bond acceptors (Lipinski definition) is 5. The molecule has 1 saturated heterocycles. The quantitative estimate of drug-likeness (QED) is 0.826. The average molecular weight is 298 g/mol. The van der Waals surface area contributed by atoms with Gasteiger partial charge in [0.15, 0.2) is 0 Å². The van der Waals surface area contributed by atoms with Gasteiger partial charge in [-0.05, 0) is 24.8 Å². The molecule has 6 nitrogen and oxygen atoms in total. The second-order valence-electron chi connectivity index (χ2n) is 5.13. The van der Waals surface area contributed by atoms with Crippen molar-refractivity contribution in [1.29, 1.82) is 0 Å². The van der Waals surface area contributed by atoms with E-state index in [2.05, 4.69) is 4.98 Å². The molecule has 20 heavy (non-hydrogen) atoms. The van der Waals surface area contributed by atoms with Crippen molar-refractivity contribution in [2.24, 2.45) is 5.92 Å². The van der Waals surface area contributed by atoms with Crippen molar-refractivity contribution in [2.75, 3.05) is 26.9 Å². The van der Waals surface area contributed by atoms with Crippen LogP contribution in [0.4, 0.5) is 0 Å². The van der Waals surface area contributed by atoms with Crippen LogP contribution in [-0.4, -0.2) is 50.6 Å². The van der Waals surface area contributed by atoms with E-state index in [1.807, 2.05) is 0 Å². The normalized spacial score (nSPS) is 24.6. The first-order valence-electron chi connectivity index (χ1n) is 6.72. The van der Waals surface area contributed by atoms with E-state index in [-0.39, 0.29) is 10.9 Å². The summed E-state index contributed by atoms with van der Waals surface area (Å²) in [6.07, 6.45) is 3.52. The van der Waals surface area contributed by atoms with Crippen molar-refractivity contribution in [1.82, 2.24) is 9.29 Å². The topological polar surface area (TPSA) is 68.7 Å². The van der Waals surface area contributed by atoms with Gasteiger partial charge in [-0.25, -0.2) is 13.4 Å². The molecular weight excluding hydrogens is 280 g/mol. The molecule has 0 amide bonds. The third kappa shape index (κ3) is 2.53. The number of pyridine rings is 1. The van der Waals surface area contributed by atoms with E-state index in [4.69, 9.17) is 9.47 Å². The van der Waals surface area contributed by atoms with Gasteiger partial charge in [-0.1, -0.05) is 0 Å². The van der Waals surface area contributed by atoms with Crippen LogP contribution in [0.25, 0.3) is 0 Å². The van der Waals surface area contributed by atoms with Crippen LogP contribution in [0.15, 0.2) is 23.2 Å². The van der Waals surface area contributed by atoms with Crippen LogP contribution >= 0.6 is 0 Å². The van der Waals surface area contributed by atoms with Crippen molar-refractivity contribution in [3.8, 4) is 5.88 Å². The lowest BCUT2D eigenvalue weighted by Gasteiger charge is -2.34. The predicted octanol–water partition coefficient (Wildman–Crippen LogP) is 0.890. The monoisotopic (exact) mass is 298 g/mol. The summed E-state index contributed by atoms with van der Waals surface area (Å²) in [5, 5.41) is 0. The largest absolute Gasteiger partial charge is 0.481 e. The number of morpholine rings is 1. The van der Waals surface area contributed by atoms with Gasteiger partial charge in [-0.3, -0.25) is 0 Å². The maximum absolute atomic E-state index is 12.7. The van der Waals surface area contributed by atoms with Gasteiger partial charge in [-0.2, -0.15) is 4.31 Å². The van der Waals surface area contributed by atoms with E-state index in [0.717, 1.165) is 12.8 Å². The second-order valence-corrected chi connectivity index (χ2v) is 7.02. The highest BCUT2D eigenvalue weighted by Crippen LogP contribution is 2.38. The zero-order chi connectivity index (χ0) is 14.2. The first-order chi connectivity index (χ1) is 9.63. The molecule has 2 fully saturated rings. The Morgan fingerprint density at radius 1 is 1.40 bits per heavy atom. The molecule has 1 atom stereocenters. The summed E-state index contributed by atoms with van der Waals surface area (Å²) in [6, 6.07) is 3.08. The molecule has 110 valence electrons. The van der Waals surface area contributed by atoms with Crippen LogP contribution < -0.4 is 4.74 Å².